The summed E-state index contributed by atoms with van der Waals surface area (Å²) in [4.78, 5) is 10.8. The van der Waals surface area contributed by atoms with Crippen LogP contribution in [-0.4, -0.2) is 14.4 Å². The van der Waals surface area contributed by atoms with Gasteiger partial charge in [0, 0.05) is 5.69 Å². The third-order valence-corrected chi connectivity index (χ3v) is 4.54. The van der Waals surface area contributed by atoms with Gasteiger partial charge in [0.2, 0.25) is 0 Å². The smallest absolute Gasteiger partial charge is 0.261 e. The van der Waals surface area contributed by atoms with Crippen LogP contribution in [0.1, 0.15) is 21.5 Å². The molecule has 0 unspecified atom stereocenters. The number of hydrogen-bond acceptors (Lipinski definition) is 4. The van der Waals surface area contributed by atoms with Gasteiger partial charge in [-0.1, -0.05) is 18.2 Å². The molecular formula is C15H14NO4S-. The van der Waals surface area contributed by atoms with Gasteiger partial charge in [-0.3, -0.25) is 4.72 Å². The minimum absolute atomic E-state index is 0.0101. The first-order valence-corrected chi connectivity index (χ1v) is 7.69. The molecule has 2 rings (SSSR count). The maximum Gasteiger partial charge on any atom is 0.261 e. The summed E-state index contributed by atoms with van der Waals surface area (Å²) in [7, 11) is -3.70. The number of carbonyl (C=O) groups is 1. The van der Waals surface area contributed by atoms with E-state index >= 15 is 0 Å². The van der Waals surface area contributed by atoms with Gasteiger partial charge in [-0.25, -0.2) is 8.42 Å². The second-order valence-electron chi connectivity index (χ2n) is 4.72. The monoisotopic (exact) mass is 304 g/mol. The molecule has 0 aliphatic carbocycles. The zero-order valence-electron chi connectivity index (χ0n) is 11.6. The molecule has 110 valence electrons. The molecule has 0 aromatic heterocycles. The Bertz CT molecular complexity index is 780. The van der Waals surface area contributed by atoms with Crippen molar-refractivity contribution in [3.05, 3.63) is 59.2 Å². The molecule has 21 heavy (non-hydrogen) atoms. The molecule has 0 saturated carbocycles. The van der Waals surface area contributed by atoms with Gasteiger partial charge in [0.15, 0.2) is 0 Å². The van der Waals surface area contributed by atoms with Crippen LogP contribution in [0.5, 0.6) is 0 Å². The molecule has 0 aliphatic rings. The molecule has 0 radical (unpaired) electrons. The van der Waals surface area contributed by atoms with Crippen molar-refractivity contribution in [2.24, 2.45) is 0 Å². The highest BCUT2D eigenvalue weighted by molar-refractivity contribution is 7.92. The zero-order chi connectivity index (χ0) is 15.6. The van der Waals surface area contributed by atoms with E-state index in [0.717, 1.165) is 11.1 Å². The average Bonchev–Trinajstić information content (AvgIpc) is 2.42. The number of sulfonamides is 1. The first-order valence-electron chi connectivity index (χ1n) is 6.21. The number of aryl methyl sites for hydroxylation is 2. The standard InChI is InChI=1S/C15H15NO4S/c1-10-3-8-14(9-11(10)2)21(19,20)16-13-6-4-12(5-7-13)15(17)18/h3-9,16H,1-2H3,(H,17,18)/p-1. The molecule has 0 bridgehead atoms. The van der Waals surface area contributed by atoms with Crippen LogP contribution < -0.4 is 9.83 Å². The Morgan fingerprint density at radius 3 is 2.14 bits per heavy atom. The van der Waals surface area contributed by atoms with Crippen LogP contribution in [0.15, 0.2) is 47.4 Å². The Balaban J connectivity index is 2.28. The highest BCUT2D eigenvalue weighted by Gasteiger charge is 2.14. The maximum atomic E-state index is 12.2. The van der Waals surface area contributed by atoms with E-state index < -0.39 is 16.0 Å². The lowest BCUT2D eigenvalue weighted by Crippen LogP contribution is -2.22. The maximum absolute atomic E-state index is 12.2. The van der Waals surface area contributed by atoms with Gasteiger partial charge in [0.05, 0.1) is 10.9 Å². The molecule has 0 atom stereocenters. The lowest BCUT2D eigenvalue weighted by atomic mass is 10.1. The van der Waals surface area contributed by atoms with E-state index in [0.29, 0.717) is 5.69 Å². The Kier molecular flexibility index (Phi) is 3.99. The fourth-order valence-electron chi connectivity index (χ4n) is 1.77. The molecule has 0 heterocycles. The van der Waals surface area contributed by atoms with Gasteiger partial charge in [-0.05, 0) is 54.8 Å². The van der Waals surface area contributed by atoms with Crippen LogP contribution in [-0.2, 0) is 10.0 Å². The molecular weight excluding hydrogens is 290 g/mol. The van der Waals surface area contributed by atoms with Gasteiger partial charge in [0.1, 0.15) is 0 Å². The highest BCUT2D eigenvalue weighted by atomic mass is 32.2. The van der Waals surface area contributed by atoms with Crippen LogP contribution in [0.25, 0.3) is 0 Å². The van der Waals surface area contributed by atoms with Crippen LogP contribution in [0.2, 0.25) is 0 Å². The number of hydrogen-bond donors (Lipinski definition) is 1. The SMILES string of the molecule is Cc1ccc(S(=O)(=O)Nc2ccc(C(=O)[O-])cc2)cc1C. The third-order valence-electron chi connectivity index (χ3n) is 3.16. The molecule has 5 nitrogen and oxygen atoms in total. The van der Waals surface area contributed by atoms with Crippen molar-refractivity contribution in [1.82, 2.24) is 0 Å². The van der Waals surface area contributed by atoms with E-state index in [1.165, 1.54) is 30.3 Å². The zero-order valence-corrected chi connectivity index (χ0v) is 12.4. The first-order chi connectivity index (χ1) is 9.79. The highest BCUT2D eigenvalue weighted by Crippen LogP contribution is 2.19. The Morgan fingerprint density at radius 1 is 1.00 bits per heavy atom. The minimum Gasteiger partial charge on any atom is -0.545 e. The Morgan fingerprint density at radius 2 is 1.62 bits per heavy atom. The fourth-order valence-corrected chi connectivity index (χ4v) is 2.91. The van der Waals surface area contributed by atoms with Crippen molar-refractivity contribution in [3.8, 4) is 0 Å². The van der Waals surface area contributed by atoms with Crippen LogP contribution in [0.3, 0.4) is 0 Å². The van der Waals surface area contributed by atoms with Crippen molar-refractivity contribution in [2.45, 2.75) is 18.7 Å². The fraction of sp³-hybridized carbons (Fsp3) is 0.133. The summed E-state index contributed by atoms with van der Waals surface area (Å²) in [6.45, 7) is 3.74. The van der Waals surface area contributed by atoms with Gasteiger partial charge in [-0.15, -0.1) is 0 Å². The Hall–Kier alpha value is -2.34. The minimum atomic E-state index is -3.70. The summed E-state index contributed by atoms with van der Waals surface area (Å²) in [5.74, 6) is -1.31. The predicted octanol–water partition coefficient (Wildman–Crippen LogP) is 1.47. The number of carboxylic acids is 1. The number of nitrogens with one attached hydrogen (secondary N) is 1. The molecule has 0 spiro atoms. The van der Waals surface area contributed by atoms with E-state index in [1.807, 2.05) is 13.8 Å². The van der Waals surface area contributed by atoms with E-state index in [1.54, 1.807) is 12.1 Å². The first kappa shape index (κ1) is 15.1. The summed E-state index contributed by atoms with van der Waals surface area (Å²) in [6.07, 6.45) is 0. The van der Waals surface area contributed by atoms with Crippen LogP contribution >= 0.6 is 0 Å². The third kappa shape index (κ3) is 3.41. The van der Waals surface area contributed by atoms with E-state index in [4.69, 9.17) is 0 Å². The number of carbonyl (C=O) groups excluding carboxylic acids is 1. The Labute approximate surface area is 123 Å². The molecule has 0 fully saturated rings. The van der Waals surface area contributed by atoms with Gasteiger partial charge < -0.3 is 9.90 Å². The topological polar surface area (TPSA) is 86.3 Å². The largest absolute Gasteiger partial charge is 0.545 e. The van der Waals surface area contributed by atoms with Gasteiger partial charge in [0.25, 0.3) is 10.0 Å². The van der Waals surface area contributed by atoms with Gasteiger partial charge >= 0.3 is 0 Å². The van der Waals surface area contributed by atoms with Crippen molar-refractivity contribution in [3.63, 3.8) is 0 Å². The quantitative estimate of drug-likeness (QED) is 0.926. The second kappa shape index (κ2) is 5.57. The van der Waals surface area contributed by atoms with Crippen LogP contribution in [0.4, 0.5) is 5.69 Å². The molecule has 2 aromatic rings. The average molecular weight is 304 g/mol. The molecule has 0 aliphatic heterocycles. The number of benzene rings is 2. The van der Waals surface area contributed by atoms with E-state index in [2.05, 4.69) is 4.72 Å². The van der Waals surface area contributed by atoms with E-state index in [9.17, 15) is 18.3 Å². The van der Waals surface area contributed by atoms with E-state index in [-0.39, 0.29) is 10.5 Å². The van der Waals surface area contributed by atoms with Crippen LogP contribution in [0, 0.1) is 13.8 Å². The summed E-state index contributed by atoms with van der Waals surface area (Å²) < 4.78 is 26.9. The summed E-state index contributed by atoms with van der Waals surface area (Å²) in [5, 5.41) is 10.6. The second-order valence-corrected chi connectivity index (χ2v) is 6.40. The lowest BCUT2D eigenvalue weighted by Gasteiger charge is -2.10. The summed E-state index contributed by atoms with van der Waals surface area (Å²) in [5.41, 5.74) is 2.17. The van der Waals surface area contributed by atoms with Gasteiger partial charge in [-0.2, -0.15) is 0 Å². The summed E-state index contributed by atoms with van der Waals surface area (Å²) >= 11 is 0. The summed E-state index contributed by atoms with van der Waals surface area (Å²) in [6, 6.07) is 10.2. The van der Waals surface area contributed by atoms with Crippen molar-refractivity contribution in [2.75, 3.05) is 4.72 Å². The van der Waals surface area contributed by atoms with Crippen molar-refractivity contribution in [1.29, 1.82) is 0 Å². The lowest BCUT2D eigenvalue weighted by molar-refractivity contribution is -0.255. The van der Waals surface area contributed by atoms with Crippen molar-refractivity contribution < 1.29 is 18.3 Å². The molecule has 2 aromatic carbocycles. The normalized spacial score (nSPS) is 11.1. The molecule has 0 amide bonds. The molecule has 0 saturated heterocycles. The number of carboxylic acid groups (broad SMARTS) is 1. The number of aromatic carboxylic acids is 1. The molecule has 1 N–H and O–H groups in total. The number of rotatable bonds is 4. The number of anilines is 1. The predicted molar refractivity (Wildman–Crippen MR) is 77.5 cm³/mol. The van der Waals surface area contributed by atoms with Crippen molar-refractivity contribution >= 4 is 21.7 Å². The molecule has 6 heteroatoms.